The second kappa shape index (κ2) is 3.94. The zero-order chi connectivity index (χ0) is 13.7. The van der Waals surface area contributed by atoms with Crippen molar-refractivity contribution in [2.45, 2.75) is 5.92 Å². The van der Waals surface area contributed by atoms with Gasteiger partial charge in [-0.3, -0.25) is 4.79 Å². The van der Waals surface area contributed by atoms with Crippen LogP contribution in [0.5, 0.6) is 5.75 Å². The lowest BCUT2D eigenvalue weighted by Gasteiger charge is -2.11. The molecular weight excluding hydrogens is 248 g/mol. The smallest absolute Gasteiger partial charge is 0.175 e. The van der Waals surface area contributed by atoms with Crippen molar-refractivity contribution >= 4 is 16.6 Å². The molecule has 0 amide bonds. The Labute approximate surface area is 116 Å². The third-order valence-electron chi connectivity index (χ3n) is 4.00. The molecule has 0 saturated heterocycles. The third-order valence-corrected chi connectivity index (χ3v) is 4.00. The Kier molecular flexibility index (Phi) is 2.21. The first-order chi connectivity index (χ1) is 9.75. The van der Waals surface area contributed by atoms with Crippen LogP contribution < -0.4 is 0 Å². The lowest BCUT2D eigenvalue weighted by atomic mass is 9.91. The standard InChI is InChI=1S/C18H12O2/c19-13-9-7-12(8-10-13)17-14-5-1-3-11-4-2-6-15(16(11)14)18(17)20/h1-10,17,19H. The molecule has 2 heteroatoms. The van der Waals surface area contributed by atoms with Crippen LogP contribution >= 0.6 is 0 Å². The van der Waals surface area contributed by atoms with Gasteiger partial charge >= 0.3 is 0 Å². The van der Waals surface area contributed by atoms with Gasteiger partial charge in [-0.25, -0.2) is 0 Å². The number of phenolic OH excluding ortho intramolecular Hbond substituents is 1. The zero-order valence-electron chi connectivity index (χ0n) is 10.7. The van der Waals surface area contributed by atoms with Crippen LogP contribution in [-0.2, 0) is 0 Å². The first-order valence-corrected chi connectivity index (χ1v) is 6.60. The summed E-state index contributed by atoms with van der Waals surface area (Å²) in [4.78, 5) is 12.7. The number of aromatic hydroxyl groups is 1. The minimum Gasteiger partial charge on any atom is -0.508 e. The van der Waals surface area contributed by atoms with E-state index in [-0.39, 0.29) is 17.5 Å². The summed E-state index contributed by atoms with van der Waals surface area (Å²) in [5.74, 6) is 0.106. The molecule has 0 radical (unpaired) electrons. The average molecular weight is 260 g/mol. The van der Waals surface area contributed by atoms with E-state index in [2.05, 4.69) is 0 Å². The average Bonchev–Trinajstić information content (AvgIpc) is 2.76. The fraction of sp³-hybridized carbons (Fsp3) is 0.0556. The Morgan fingerprint density at radius 2 is 1.55 bits per heavy atom. The summed E-state index contributed by atoms with van der Waals surface area (Å²) in [6.07, 6.45) is 0. The van der Waals surface area contributed by atoms with Crippen LogP contribution in [-0.4, -0.2) is 10.9 Å². The van der Waals surface area contributed by atoms with Gasteiger partial charge in [-0.2, -0.15) is 0 Å². The van der Waals surface area contributed by atoms with Crippen LogP contribution in [0.25, 0.3) is 10.8 Å². The molecule has 3 aromatic carbocycles. The van der Waals surface area contributed by atoms with Gasteiger partial charge in [0.15, 0.2) is 5.78 Å². The lowest BCUT2D eigenvalue weighted by Crippen LogP contribution is -2.07. The number of hydrogen-bond acceptors (Lipinski definition) is 2. The molecule has 0 fully saturated rings. The molecule has 0 aliphatic heterocycles. The fourth-order valence-corrected chi connectivity index (χ4v) is 3.11. The Morgan fingerprint density at radius 3 is 2.30 bits per heavy atom. The van der Waals surface area contributed by atoms with Crippen molar-refractivity contribution in [1.29, 1.82) is 0 Å². The number of phenols is 1. The van der Waals surface area contributed by atoms with Gasteiger partial charge in [0.05, 0.1) is 5.92 Å². The molecule has 1 atom stereocenters. The number of ketones is 1. The first kappa shape index (κ1) is 11.2. The molecule has 20 heavy (non-hydrogen) atoms. The molecule has 4 rings (SSSR count). The van der Waals surface area contributed by atoms with Crippen molar-refractivity contribution in [3.63, 3.8) is 0 Å². The van der Waals surface area contributed by atoms with E-state index < -0.39 is 0 Å². The van der Waals surface area contributed by atoms with Gasteiger partial charge in [0.2, 0.25) is 0 Å². The molecule has 0 saturated carbocycles. The van der Waals surface area contributed by atoms with Crippen molar-refractivity contribution in [3.8, 4) is 5.75 Å². The van der Waals surface area contributed by atoms with Gasteiger partial charge in [-0.05, 0) is 34.0 Å². The van der Waals surface area contributed by atoms with E-state index in [1.807, 2.05) is 48.5 Å². The maximum absolute atomic E-state index is 12.7. The Balaban J connectivity index is 1.99. The van der Waals surface area contributed by atoms with Crippen LogP contribution in [0.4, 0.5) is 0 Å². The van der Waals surface area contributed by atoms with Gasteiger partial charge in [0.1, 0.15) is 5.75 Å². The van der Waals surface area contributed by atoms with Gasteiger partial charge in [-0.1, -0.05) is 48.5 Å². The van der Waals surface area contributed by atoms with Crippen molar-refractivity contribution < 1.29 is 9.90 Å². The Morgan fingerprint density at radius 1 is 0.850 bits per heavy atom. The summed E-state index contributed by atoms with van der Waals surface area (Å²) in [6.45, 7) is 0. The molecule has 96 valence electrons. The maximum atomic E-state index is 12.7. The number of benzene rings is 3. The van der Waals surface area contributed by atoms with Gasteiger partial charge in [0, 0.05) is 5.56 Å². The lowest BCUT2D eigenvalue weighted by molar-refractivity contribution is 0.0981. The van der Waals surface area contributed by atoms with Crippen molar-refractivity contribution in [2.75, 3.05) is 0 Å². The number of Topliss-reactive ketones (excluding diaryl/α,β-unsaturated/α-hetero) is 1. The monoisotopic (exact) mass is 260 g/mol. The van der Waals surface area contributed by atoms with Gasteiger partial charge in [0.25, 0.3) is 0 Å². The largest absolute Gasteiger partial charge is 0.508 e. The van der Waals surface area contributed by atoms with E-state index in [1.54, 1.807) is 12.1 Å². The molecule has 1 aliphatic rings. The molecule has 0 heterocycles. The molecule has 1 N–H and O–H groups in total. The van der Waals surface area contributed by atoms with E-state index >= 15 is 0 Å². The zero-order valence-corrected chi connectivity index (χ0v) is 10.7. The summed E-state index contributed by atoms with van der Waals surface area (Å²) in [5, 5.41) is 11.6. The van der Waals surface area contributed by atoms with Crippen molar-refractivity contribution in [3.05, 3.63) is 77.4 Å². The van der Waals surface area contributed by atoms with Crippen LogP contribution in [0.2, 0.25) is 0 Å². The predicted octanol–water partition coefficient (Wildman–Crippen LogP) is 3.87. The highest BCUT2D eigenvalue weighted by Crippen LogP contribution is 2.41. The third kappa shape index (κ3) is 1.42. The summed E-state index contributed by atoms with van der Waals surface area (Å²) < 4.78 is 0. The van der Waals surface area contributed by atoms with Gasteiger partial charge < -0.3 is 5.11 Å². The van der Waals surface area contributed by atoms with Gasteiger partial charge in [-0.15, -0.1) is 0 Å². The second-order valence-corrected chi connectivity index (χ2v) is 5.14. The molecule has 0 aromatic heterocycles. The first-order valence-electron chi connectivity index (χ1n) is 6.60. The second-order valence-electron chi connectivity index (χ2n) is 5.14. The summed E-state index contributed by atoms with van der Waals surface area (Å²) in [6, 6.07) is 18.8. The predicted molar refractivity (Wildman–Crippen MR) is 78.2 cm³/mol. The molecule has 3 aromatic rings. The molecule has 1 unspecified atom stereocenters. The van der Waals surface area contributed by atoms with Crippen LogP contribution in [0.15, 0.2) is 60.7 Å². The summed E-state index contributed by atoms with van der Waals surface area (Å²) >= 11 is 0. The minimum atomic E-state index is -0.253. The number of rotatable bonds is 1. The number of hydrogen-bond donors (Lipinski definition) is 1. The Hall–Kier alpha value is -2.61. The normalized spacial score (nSPS) is 16.8. The highest BCUT2D eigenvalue weighted by Gasteiger charge is 2.33. The summed E-state index contributed by atoms with van der Waals surface area (Å²) in [5.41, 5.74) is 2.79. The van der Waals surface area contributed by atoms with Crippen molar-refractivity contribution in [1.82, 2.24) is 0 Å². The SMILES string of the molecule is O=C1c2cccc3cccc(c23)C1c1ccc(O)cc1. The van der Waals surface area contributed by atoms with E-state index in [4.69, 9.17) is 0 Å². The molecule has 0 spiro atoms. The van der Waals surface area contributed by atoms with Crippen LogP contribution in [0.1, 0.15) is 27.4 Å². The van der Waals surface area contributed by atoms with E-state index in [1.165, 1.54) is 0 Å². The molecular formula is C18H12O2. The fourth-order valence-electron chi connectivity index (χ4n) is 3.11. The van der Waals surface area contributed by atoms with E-state index in [0.717, 1.165) is 27.5 Å². The minimum absolute atomic E-state index is 0.141. The van der Waals surface area contributed by atoms with Crippen LogP contribution in [0.3, 0.4) is 0 Å². The van der Waals surface area contributed by atoms with E-state index in [9.17, 15) is 9.90 Å². The summed E-state index contributed by atoms with van der Waals surface area (Å²) in [7, 11) is 0. The maximum Gasteiger partial charge on any atom is 0.175 e. The molecule has 0 bridgehead atoms. The topological polar surface area (TPSA) is 37.3 Å². The highest BCUT2D eigenvalue weighted by atomic mass is 16.3. The van der Waals surface area contributed by atoms with E-state index in [0.29, 0.717) is 0 Å². The van der Waals surface area contributed by atoms with Crippen LogP contribution in [0, 0.1) is 0 Å². The molecule has 2 nitrogen and oxygen atoms in total. The number of carbonyl (C=O) groups excluding carboxylic acids is 1. The highest BCUT2D eigenvalue weighted by molar-refractivity contribution is 6.19. The number of carbonyl (C=O) groups is 1. The quantitative estimate of drug-likeness (QED) is 0.721. The Bertz CT molecular complexity index is 826. The molecule has 1 aliphatic carbocycles. The van der Waals surface area contributed by atoms with Crippen molar-refractivity contribution in [2.24, 2.45) is 0 Å².